The zero-order valence-corrected chi connectivity index (χ0v) is 8.84. The van der Waals surface area contributed by atoms with Crippen LogP contribution in [0, 0.1) is 0 Å². The van der Waals surface area contributed by atoms with Crippen LogP contribution in [0.3, 0.4) is 0 Å². The molecule has 2 nitrogen and oxygen atoms in total. The minimum atomic E-state index is 0.219. The highest BCUT2D eigenvalue weighted by Gasteiger charge is 2.04. The van der Waals surface area contributed by atoms with Crippen molar-refractivity contribution in [2.45, 2.75) is 26.4 Å². The van der Waals surface area contributed by atoms with Crippen LogP contribution in [-0.4, -0.2) is 11.1 Å². The fourth-order valence-corrected chi connectivity index (χ4v) is 1.08. The molecule has 0 bridgehead atoms. The maximum Gasteiger partial charge on any atom is 0.228 e. The monoisotopic (exact) mass is 229 g/mol. The van der Waals surface area contributed by atoms with E-state index in [1.807, 2.05) is 19.1 Å². The Kier molecular flexibility index (Phi) is 3.53. The van der Waals surface area contributed by atoms with E-state index in [0.717, 1.165) is 10.9 Å². The highest BCUT2D eigenvalue weighted by molar-refractivity contribution is 9.10. The molecule has 0 amide bonds. The van der Waals surface area contributed by atoms with Crippen molar-refractivity contribution in [3.05, 3.63) is 22.8 Å². The van der Waals surface area contributed by atoms with E-state index in [9.17, 15) is 0 Å². The summed E-state index contributed by atoms with van der Waals surface area (Å²) >= 11 is 3.37. The first-order valence-electron chi connectivity index (χ1n) is 4.01. The van der Waals surface area contributed by atoms with Gasteiger partial charge < -0.3 is 4.74 Å². The fourth-order valence-electron chi connectivity index (χ4n) is 0.732. The highest BCUT2D eigenvalue weighted by atomic mass is 79.9. The van der Waals surface area contributed by atoms with Gasteiger partial charge in [-0.1, -0.05) is 6.92 Å². The molecule has 1 heterocycles. The summed E-state index contributed by atoms with van der Waals surface area (Å²) in [6.07, 6.45) is 2.93. The molecule has 0 aliphatic rings. The highest BCUT2D eigenvalue weighted by Crippen LogP contribution is 2.22. The zero-order chi connectivity index (χ0) is 8.97. The van der Waals surface area contributed by atoms with Gasteiger partial charge in [-0.05, 0) is 41.4 Å². The van der Waals surface area contributed by atoms with Crippen molar-refractivity contribution in [1.29, 1.82) is 0 Å². The van der Waals surface area contributed by atoms with E-state index in [1.54, 1.807) is 6.20 Å². The van der Waals surface area contributed by atoms with Crippen LogP contribution in [0.25, 0.3) is 0 Å². The quantitative estimate of drug-likeness (QED) is 0.796. The predicted molar refractivity (Wildman–Crippen MR) is 52.3 cm³/mol. The van der Waals surface area contributed by atoms with Crippen molar-refractivity contribution < 1.29 is 4.74 Å². The van der Waals surface area contributed by atoms with Gasteiger partial charge in [0.2, 0.25) is 5.88 Å². The number of hydrogen-bond donors (Lipinski definition) is 0. The Morgan fingerprint density at radius 2 is 2.42 bits per heavy atom. The third kappa shape index (κ3) is 2.48. The largest absolute Gasteiger partial charge is 0.474 e. The molecule has 1 aromatic heterocycles. The maximum absolute atomic E-state index is 5.54. The van der Waals surface area contributed by atoms with Gasteiger partial charge in [0.05, 0.1) is 10.6 Å². The molecule has 1 aromatic rings. The van der Waals surface area contributed by atoms with Crippen LogP contribution in [0.5, 0.6) is 5.88 Å². The summed E-state index contributed by atoms with van der Waals surface area (Å²) in [7, 11) is 0. The number of hydrogen-bond acceptors (Lipinski definition) is 2. The molecular formula is C9H12BrNO. The van der Waals surface area contributed by atoms with Gasteiger partial charge in [-0.2, -0.15) is 0 Å². The summed E-state index contributed by atoms with van der Waals surface area (Å²) in [5.41, 5.74) is 0. The van der Waals surface area contributed by atoms with Gasteiger partial charge in [-0.15, -0.1) is 0 Å². The average molecular weight is 230 g/mol. The van der Waals surface area contributed by atoms with Crippen molar-refractivity contribution in [2.24, 2.45) is 0 Å². The maximum atomic E-state index is 5.54. The lowest BCUT2D eigenvalue weighted by atomic mass is 10.3. The topological polar surface area (TPSA) is 22.1 Å². The van der Waals surface area contributed by atoms with E-state index >= 15 is 0 Å². The summed E-state index contributed by atoms with van der Waals surface area (Å²) in [5.74, 6) is 0.673. The van der Waals surface area contributed by atoms with Crippen molar-refractivity contribution >= 4 is 15.9 Å². The molecule has 66 valence electrons. The van der Waals surface area contributed by atoms with Gasteiger partial charge in [-0.3, -0.25) is 0 Å². The third-order valence-corrected chi connectivity index (χ3v) is 2.22. The van der Waals surface area contributed by atoms with Crippen molar-refractivity contribution in [2.75, 3.05) is 0 Å². The van der Waals surface area contributed by atoms with Crippen LogP contribution in [0.1, 0.15) is 20.3 Å². The van der Waals surface area contributed by atoms with E-state index in [4.69, 9.17) is 4.74 Å². The second-order valence-electron chi connectivity index (χ2n) is 2.63. The van der Waals surface area contributed by atoms with Crippen molar-refractivity contribution in [1.82, 2.24) is 4.98 Å². The lowest BCUT2D eigenvalue weighted by molar-refractivity contribution is 0.207. The Labute approximate surface area is 81.1 Å². The molecular weight excluding hydrogens is 218 g/mol. The van der Waals surface area contributed by atoms with Gasteiger partial charge in [-0.25, -0.2) is 4.98 Å². The normalized spacial score (nSPS) is 12.6. The summed E-state index contributed by atoms with van der Waals surface area (Å²) in [5, 5.41) is 0. The zero-order valence-electron chi connectivity index (χ0n) is 7.25. The Morgan fingerprint density at radius 1 is 1.67 bits per heavy atom. The number of pyridine rings is 1. The van der Waals surface area contributed by atoms with Crippen LogP contribution < -0.4 is 4.74 Å². The Morgan fingerprint density at radius 3 is 3.00 bits per heavy atom. The molecule has 12 heavy (non-hydrogen) atoms. The lowest BCUT2D eigenvalue weighted by Gasteiger charge is -2.11. The molecule has 1 atom stereocenters. The smallest absolute Gasteiger partial charge is 0.228 e. The molecule has 0 saturated heterocycles. The first-order chi connectivity index (χ1) is 5.74. The van der Waals surface area contributed by atoms with Gasteiger partial charge in [0.15, 0.2) is 0 Å². The molecule has 0 unspecified atom stereocenters. The van der Waals surface area contributed by atoms with E-state index in [1.165, 1.54) is 0 Å². The minimum Gasteiger partial charge on any atom is -0.474 e. The van der Waals surface area contributed by atoms with Gasteiger partial charge in [0.25, 0.3) is 0 Å². The van der Waals surface area contributed by atoms with Crippen LogP contribution >= 0.6 is 15.9 Å². The second-order valence-corrected chi connectivity index (χ2v) is 3.48. The summed E-state index contributed by atoms with van der Waals surface area (Å²) in [4.78, 5) is 4.10. The van der Waals surface area contributed by atoms with Gasteiger partial charge in [0.1, 0.15) is 0 Å². The Balaban J connectivity index is 2.69. The number of ether oxygens (including phenoxy) is 1. The van der Waals surface area contributed by atoms with Gasteiger partial charge in [0, 0.05) is 6.20 Å². The summed E-state index contributed by atoms with van der Waals surface area (Å²) in [6.45, 7) is 4.11. The van der Waals surface area contributed by atoms with Crippen LogP contribution in [0.15, 0.2) is 22.8 Å². The van der Waals surface area contributed by atoms with Crippen molar-refractivity contribution in [3.63, 3.8) is 0 Å². The number of nitrogens with zero attached hydrogens (tertiary/aromatic N) is 1. The first-order valence-corrected chi connectivity index (χ1v) is 4.80. The van der Waals surface area contributed by atoms with Crippen molar-refractivity contribution in [3.8, 4) is 5.88 Å². The van der Waals surface area contributed by atoms with E-state index in [-0.39, 0.29) is 6.10 Å². The first kappa shape index (κ1) is 9.52. The number of aromatic nitrogens is 1. The SMILES string of the molecule is CC[C@H](C)Oc1ncccc1Br. The molecule has 0 radical (unpaired) electrons. The van der Waals surface area contributed by atoms with E-state index < -0.39 is 0 Å². The Bertz CT molecular complexity index is 252. The summed E-state index contributed by atoms with van der Waals surface area (Å²) < 4.78 is 6.44. The molecule has 0 aliphatic carbocycles. The van der Waals surface area contributed by atoms with E-state index in [0.29, 0.717) is 5.88 Å². The standard InChI is InChI=1S/C9H12BrNO/c1-3-7(2)12-9-8(10)5-4-6-11-9/h4-7H,3H2,1-2H3/t7-/m0/s1. The molecule has 0 fully saturated rings. The van der Waals surface area contributed by atoms with Gasteiger partial charge >= 0.3 is 0 Å². The minimum absolute atomic E-state index is 0.219. The average Bonchev–Trinajstić information content (AvgIpc) is 2.09. The second kappa shape index (κ2) is 4.45. The summed E-state index contributed by atoms with van der Waals surface area (Å²) in [6, 6.07) is 3.79. The number of halogens is 1. The molecule has 3 heteroatoms. The molecule has 0 aromatic carbocycles. The van der Waals surface area contributed by atoms with Crippen LogP contribution in [-0.2, 0) is 0 Å². The lowest BCUT2D eigenvalue weighted by Crippen LogP contribution is -2.10. The molecule has 1 rings (SSSR count). The van der Waals surface area contributed by atoms with Crippen LogP contribution in [0.2, 0.25) is 0 Å². The fraction of sp³-hybridized carbons (Fsp3) is 0.444. The van der Waals surface area contributed by atoms with E-state index in [2.05, 4.69) is 27.8 Å². The molecule has 0 saturated carbocycles. The molecule has 0 aliphatic heterocycles. The molecule has 0 N–H and O–H groups in total. The number of rotatable bonds is 3. The molecule has 0 spiro atoms. The van der Waals surface area contributed by atoms with Crippen LogP contribution in [0.4, 0.5) is 0 Å². The Hall–Kier alpha value is -0.570. The third-order valence-electron chi connectivity index (χ3n) is 1.61. The predicted octanol–water partition coefficient (Wildman–Crippen LogP) is 3.02.